The molecule has 2 aliphatic rings. The molecule has 2 aliphatic heterocycles. The van der Waals surface area contributed by atoms with E-state index >= 15 is 0 Å². The van der Waals surface area contributed by atoms with Gasteiger partial charge in [-0.05, 0) is 49.5 Å². The highest BCUT2D eigenvalue weighted by Gasteiger charge is 2.36. The van der Waals surface area contributed by atoms with E-state index in [0.717, 1.165) is 25.9 Å². The molecule has 1 unspecified atom stereocenters. The van der Waals surface area contributed by atoms with Crippen LogP contribution in [0.1, 0.15) is 26.2 Å². The normalized spacial score (nSPS) is 22.0. The van der Waals surface area contributed by atoms with Gasteiger partial charge in [0.15, 0.2) is 0 Å². The summed E-state index contributed by atoms with van der Waals surface area (Å²) in [6.07, 6.45) is 2.31. The summed E-state index contributed by atoms with van der Waals surface area (Å²) < 4.78 is 0. The second kappa shape index (κ2) is 8.79. The number of rotatable bonds is 4. The molecule has 0 saturated carbocycles. The van der Waals surface area contributed by atoms with Crippen LogP contribution < -0.4 is 15.5 Å². The van der Waals surface area contributed by atoms with Crippen molar-refractivity contribution in [2.24, 2.45) is 11.3 Å². The topological polar surface area (TPSA) is 61.4 Å². The molecule has 8 heteroatoms. The lowest BCUT2D eigenvalue weighted by Gasteiger charge is -2.34. The van der Waals surface area contributed by atoms with Gasteiger partial charge in [0.1, 0.15) is 0 Å². The number of anilines is 1. The summed E-state index contributed by atoms with van der Waals surface area (Å²) >= 11 is 12.0. The number of hydrogen-bond acceptors (Lipinski definition) is 3. The van der Waals surface area contributed by atoms with Crippen LogP contribution in [0.15, 0.2) is 18.2 Å². The van der Waals surface area contributed by atoms with Gasteiger partial charge < -0.3 is 15.5 Å². The van der Waals surface area contributed by atoms with Gasteiger partial charge in [-0.1, -0.05) is 30.1 Å². The number of halogens is 3. The molecule has 5 nitrogen and oxygen atoms in total. The minimum atomic E-state index is -0.337. The third kappa shape index (κ3) is 5.03. The Morgan fingerprint density at radius 2 is 1.88 bits per heavy atom. The Balaban J connectivity index is 0.00000243. The van der Waals surface area contributed by atoms with Crippen LogP contribution in [0.5, 0.6) is 0 Å². The number of carbonyl (C=O) groups is 2. The van der Waals surface area contributed by atoms with E-state index in [4.69, 9.17) is 23.2 Å². The third-order valence-corrected chi connectivity index (χ3v) is 5.59. The maximum Gasteiger partial charge on any atom is 0.227 e. The number of piperidine rings is 1. The molecule has 2 saturated heterocycles. The van der Waals surface area contributed by atoms with Crippen molar-refractivity contribution in [1.82, 2.24) is 10.6 Å². The van der Waals surface area contributed by atoms with Crippen molar-refractivity contribution in [1.29, 1.82) is 0 Å². The fourth-order valence-corrected chi connectivity index (χ4v) is 3.99. The summed E-state index contributed by atoms with van der Waals surface area (Å²) in [6, 6.07) is 5.01. The maximum atomic E-state index is 12.5. The molecule has 2 fully saturated rings. The Kier molecular flexibility index (Phi) is 7.19. The predicted molar refractivity (Wildman–Crippen MR) is 107 cm³/mol. The van der Waals surface area contributed by atoms with Crippen LogP contribution in [0.2, 0.25) is 10.0 Å². The van der Waals surface area contributed by atoms with E-state index in [1.165, 1.54) is 0 Å². The molecule has 1 aromatic carbocycles. The van der Waals surface area contributed by atoms with Crippen LogP contribution in [-0.2, 0) is 9.59 Å². The summed E-state index contributed by atoms with van der Waals surface area (Å²) in [5.41, 5.74) is 0.770. The van der Waals surface area contributed by atoms with Crippen molar-refractivity contribution in [3.05, 3.63) is 28.2 Å². The fraction of sp³-hybridized carbons (Fsp3) is 0.556. The second-order valence-electron chi connectivity index (χ2n) is 7.31. The zero-order valence-electron chi connectivity index (χ0n) is 14.7. The Morgan fingerprint density at radius 3 is 2.50 bits per heavy atom. The first-order valence-electron chi connectivity index (χ1n) is 8.61. The zero-order chi connectivity index (χ0) is 18.0. The van der Waals surface area contributed by atoms with E-state index in [1.54, 1.807) is 23.1 Å². The van der Waals surface area contributed by atoms with E-state index in [-0.39, 0.29) is 42.0 Å². The Hall–Kier alpha value is -1.01. The maximum absolute atomic E-state index is 12.5. The van der Waals surface area contributed by atoms with Crippen LogP contribution in [0.4, 0.5) is 5.69 Å². The van der Waals surface area contributed by atoms with Crippen molar-refractivity contribution in [3.8, 4) is 0 Å². The second-order valence-corrected chi connectivity index (χ2v) is 8.18. The lowest BCUT2D eigenvalue weighted by atomic mass is 9.81. The number of benzene rings is 1. The summed E-state index contributed by atoms with van der Waals surface area (Å²) in [7, 11) is 0. The number of nitrogens with one attached hydrogen (secondary N) is 2. The smallest absolute Gasteiger partial charge is 0.227 e. The summed E-state index contributed by atoms with van der Waals surface area (Å²) in [6.45, 7) is 5.18. The van der Waals surface area contributed by atoms with Gasteiger partial charge in [-0.25, -0.2) is 0 Å². The van der Waals surface area contributed by atoms with E-state index in [1.807, 2.05) is 0 Å². The van der Waals surface area contributed by atoms with Crippen molar-refractivity contribution in [3.63, 3.8) is 0 Å². The molecule has 0 radical (unpaired) electrons. The molecule has 2 amide bonds. The average molecular weight is 421 g/mol. The Bertz CT molecular complexity index is 657. The molecule has 1 atom stereocenters. The lowest BCUT2D eigenvalue weighted by molar-refractivity contribution is -0.126. The van der Waals surface area contributed by atoms with Gasteiger partial charge >= 0.3 is 0 Å². The summed E-state index contributed by atoms with van der Waals surface area (Å²) in [5, 5.41) is 7.34. The van der Waals surface area contributed by atoms with Gasteiger partial charge in [-0.2, -0.15) is 0 Å². The quantitative estimate of drug-likeness (QED) is 0.786. The van der Waals surface area contributed by atoms with Gasteiger partial charge in [0.2, 0.25) is 11.8 Å². The fourth-order valence-electron chi connectivity index (χ4n) is 3.48. The highest BCUT2D eigenvalue weighted by atomic mass is 35.5. The van der Waals surface area contributed by atoms with Crippen molar-refractivity contribution < 1.29 is 9.59 Å². The third-order valence-electron chi connectivity index (χ3n) is 5.15. The van der Waals surface area contributed by atoms with Crippen LogP contribution >= 0.6 is 35.6 Å². The van der Waals surface area contributed by atoms with Crippen LogP contribution in [0.3, 0.4) is 0 Å². The minimum absolute atomic E-state index is 0. The first-order chi connectivity index (χ1) is 11.9. The molecule has 3 rings (SSSR count). The Morgan fingerprint density at radius 1 is 1.27 bits per heavy atom. The molecular formula is C18H24Cl3N3O2. The molecule has 1 aromatic rings. The standard InChI is InChI=1S/C18H23Cl2N3O2.ClH/c1-18(2-4-21-5-3-18)11-22-17(25)12-6-16(24)23(10-12)15-8-13(19)7-14(20)9-15;/h7-9,12,21H,2-6,10-11H2,1H3,(H,22,25);1H. The average Bonchev–Trinajstić information content (AvgIpc) is 2.94. The van der Waals surface area contributed by atoms with Gasteiger partial charge in [0.05, 0.1) is 5.92 Å². The summed E-state index contributed by atoms with van der Waals surface area (Å²) in [4.78, 5) is 26.5. The number of carbonyl (C=O) groups excluding carboxylic acids is 2. The van der Waals surface area contributed by atoms with E-state index < -0.39 is 0 Å². The molecule has 0 bridgehead atoms. The van der Waals surface area contributed by atoms with Gasteiger partial charge in [0, 0.05) is 35.2 Å². The van der Waals surface area contributed by atoms with E-state index in [9.17, 15) is 9.59 Å². The highest BCUT2D eigenvalue weighted by Crippen LogP contribution is 2.31. The van der Waals surface area contributed by atoms with Gasteiger partial charge in [-0.15, -0.1) is 12.4 Å². The molecule has 144 valence electrons. The van der Waals surface area contributed by atoms with Crippen molar-refractivity contribution >= 4 is 53.1 Å². The van der Waals surface area contributed by atoms with Crippen LogP contribution in [0.25, 0.3) is 0 Å². The van der Waals surface area contributed by atoms with Crippen molar-refractivity contribution in [2.45, 2.75) is 26.2 Å². The van der Waals surface area contributed by atoms with Crippen LogP contribution in [0, 0.1) is 11.3 Å². The minimum Gasteiger partial charge on any atom is -0.355 e. The first-order valence-corrected chi connectivity index (χ1v) is 9.37. The Labute approximate surface area is 170 Å². The largest absolute Gasteiger partial charge is 0.355 e. The zero-order valence-corrected chi connectivity index (χ0v) is 17.0. The van der Waals surface area contributed by atoms with Crippen LogP contribution in [-0.4, -0.2) is 38.0 Å². The highest BCUT2D eigenvalue weighted by molar-refractivity contribution is 6.35. The van der Waals surface area contributed by atoms with Gasteiger partial charge in [0.25, 0.3) is 0 Å². The molecule has 0 aliphatic carbocycles. The van der Waals surface area contributed by atoms with Crippen molar-refractivity contribution in [2.75, 3.05) is 31.1 Å². The lowest BCUT2D eigenvalue weighted by Crippen LogP contribution is -2.44. The molecule has 2 heterocycles. The molecular weight excluding hydrogens is 397 g/mol. The van der Waals surface area contributed by atoms with E-state index in [2.05, 4.69) is 17.6 Å². The number of amides is 2. The SMILES string of the molecule is CC1(CNC(=O)C2CC(=O)N(c3cc(Cl)cc(Cl)c3)C2)CCNCC1.Cl. The molecule has 2 N–H and O–H groups in total. The molecule has 0 aromatic heterocycles. The van der Waals surface area contributed by atoms with E-state index in [0.29, 0.717) is 28.8 Å². The number of nitrogens with zero attached hydrogens (tertiary/aromatic N) is 1. The predicted octanol–water partition coefficient (Wildman–Crippen LogP) is 3.27. The number of hydrogen-bond donors (Lipinski definition) is 2. The monoisotopic (exact) mass is 419 g/mol. The molecule has 26 heavy (non-hydrogen) atoms. The summed E-state index contributed by atoms with van der Waals surface area (Å²) in [5.74, 6) is -0.467. The van der Waals surface area contributed by atoms with Gasteiger partial charge in [-0.3, -0.25) is 9.59 Å². The molecule has 0 spiro atoms. The first kappa shape index (κ1) is 21.3.